The lowest BCUT2D eigenvalue weighted by Crippen LogP contribution is -2.32. The number of ether oxygens (including phenoxy) is 1. The fourth-order valence-corrected chi connectivity index (χ4v) is 3.31. The van der Waals surface area contributed by atoms with Crippen LogP contribution in [-0.2, 0) is 6.54 Å². The van der Waals surface area contributed by atoms with Crippen LogP contribution in [0.2, 0.25) is 0 Å². The number of aryl methyl sites for hydroxylation is 1. The quantitative estimate of drug-likeness (QED) is 0.643. The molecule has 0 aromatic heterocycles. The Labute approximate surface area is 162 Å². The maximum absolute atomic E-state index is 14.0. The Morgan fingerprint density at radius 2 is 1.64 bits per heavy atom. The number of nitrogens with zero attached hydrogens (tertiary/aromatic N) is 1. The summed E-state index contributed by atoms with van der Waals surface area (Å²) in [5.41, 5.74) is 3.30. The average Bonchev–Trinajstić information content (AvgIpc) is 2.84. The number of hydrogen-bond acceptors (Lipinski definition) is 2. The van der Waals surface area contributed by atoms with E-state index in [-0.39, 0.29) is 31.2 Å². The lowest BCUT2D eigenvalue weighted by atomic mass is 10.0. The molecule has 1 aliphatic rings. The van der Waals surface area contributed by atoms with Crippen LogP contribution in [0.4, 0.5) is 8.78 Å². The molecule has 0 bridgehead atoms. The number of carbonyl (C=O) groups excluding carboxylic acids is 1. The van der Waals surface area contributed by atoms with Crippen LogP contribution in [0.5, 0.6) is 5.75 Å². The zero-order valence-electron chi connectivity index (χ0n) is 15.4. The molecule has 3 nitrogen and oxygen atoms in total. The van der Waals surface area contributed by atoms with E-state index in [1.807, 2.05) is 37.3 Å². The standard InChI is InChI=1S/C23H19F2NO2/c1-15-5-7-16(8-6-15)17-9-10-22-18(13-17)23(27)26(11-12-28-22)14-19-20(24)3-2-4-21(19)25/h2-10,13H,11-12,14H2,1H3. The number of benzene rings is 3. The van der Waals surface area contributed by atoms with Gasteiger partial charge in [-0.3, -0.25) is 4.79 Å². The van der Waals surface area contributed by atoms with E-state index in [0.717, 1.165) is 16.7 Å². The van der Waals surface area contributed by atoms with Gasteiger partial charge >= 0.3 is 0 Å². The molecule has 0 saturated heterocycles. The van der Waals surface area contributed by atoms with Crippen molar-refractivity contribution in [2.75, 3.05) is 13.2 Å². The van der Waals surface area contributed by atoms with E-state index in [9.17, 15) is 13.6 Å². The summed E-state index contributed by atoms with van der Waals surface area (Å²) in [4.78, 5) is 14.5. The first-order valence-electron chi connectivity index (χ1n) is 9.09. The summed E-state index contributed by atoms with van der Waals surface area (Å²) in [5.74, 6) is -1.14. The van der Waals surface area contributed by atoms with E-state index >= 15 is 0 Å². The van der Waals surface area contributed by atoms with Crippen LogP contribution in [0.3, 0.4) is 0 Å². The van der Waals surface area contributed by atoms with Crippen molar-refractivity contribution in [2.45, 2.75) is 13.5 Å². The van der Waals surface area contributed by atoms with Crippen LogP contribution in [0.25, 0.3) is 11.1 Å². The molecule has 1 heterocycles. The molecule has 5 heteroatoms. The van der Waals surface area contributed by atoms with Gasteiger partial charge < -0.3 is 9.64 Å². The first-order chi connectivity index (χ1) is 13.5. The summed E-state index contributed by atoms with van der Waals surface area (Å²) < 4.78 is 33.8. The van der Waals surface area contributed by atoms with Crippen LogP contribution < -0.4 is 4.74 Å². The van der Waals surface area contributed by atoms with Gasteiger partial charge in [-0.2, -0.15) is 0 Å². The van der Waals surface area contributed by atoms with Crippen molar-refractivity contribution in [3.63, 3.8) is 0 Å². The molecule has 0 spiro atoms. The van der Waals surface area contributed by atoms with Gasteiger partial charge in [0.2, 0.25) is 0 Å². The van der Waals surface area contributed by atoms with Crippen LogP contribution in [0.1, 0.15) is 21.5 Å². The second kappa shape index (κ2) is 7.43. The van der Waals surface area contributed by atoms with Crippen molar-refractivity contribution in [1.29, 1.82) is 0 Å². The lowest BCUT2D eigenvalue weighted by molar-refractivity contribution is 0.0739. The van der Waals surface area contributed by atoms with E-state index < -0.39 is 11.6 Å². The molecule has 1 amide bonds. The molecule has 28 heavy (non-hydrogen) atoms. The molecular formula is C23H19F2NO2. The van der Waals surface area contributed by atoms with E-state index in [1.165, 1.54) is 23.1 Å². The van der Waals surface area contributed by atoms with E-state index in [0.29, 0.717) is 11.3 Å². The fraction of sp³-hybridized carbons (Fsp3) is 0.174. The molecule has 4 rings (SSSR count). The maximum Gasteiger partial charge on any atom is 0.258 e. The van der Waals surface area contributed by atoms with Gasteiger partial charge in [0.05, 0.1) is 18.7 Å². The Bertz CT molecular complexity index is 1010. The minimum Gasteiger partial charge on any atom is -0.491 e. The van der Waals surface area contributed by atoms with Gasteiger partial charge in [0.1, 0.15) is 24.0 Å². The Morgan fingerprint density at radius 1 is 0.964 bits per heavy atom. The molecule has 1 aliphatic heterocycles. The number of halogens is 2. The second-order valence-electron chi connectivity index (χ2n) is 6.85. The summed E-state index contributed by atoms with van der Waals surface area (Å²) in [7, 11) is 0. The van der Waals surface area contributed by atoms with Crippen molar-refractivity contribution in [3.05, 3.63) is 89.0 Å². The molecular weight excluding hydrogens is 360 g/mol. The Morgan fingerprint density at radius 3 is 2.36 bits per heavy atom. The third kappa shape index (κ3) is 3.48. The normalized spacial score (nSPS) is 13.7. The number of amides is 1. The largest absolute Gasteiger partial charge is 0.491 e. The van der Waals surface area contributed by atoms with Gasteiger partial charge in [-0.1, -0.05) is 42.0 Å². The first kappa shape index (κ1) is 18.2. The van der Waals surface area contributed by atoms with Gasteiger partial charge in [-0.15, -0.1) is 0 Å². The second-order valence-corrected chi connectivity index (χ2v) is 6.85. The third-order valence-electron chi connectivity index (χ3n) is 4.91. The van der Waals surface area contributed by atoms with Gasteiger partial charge in [0, 0.05) is 5.56 Å². The molecule has 3 aromatic rings. The fourth-order valence-electron chi connectivity index (χ4n) is 3.31. The van der Waals surface area contributed by atoms with Gasteiger partial charge in [-0.25, -0.2) is 8.78 Å². The molecule has 142 valence electrons. The highest BCUT2D eigenvalue weighted by Crippen LogP contribution is 2.30. The Balaban J connectivity index is 1.68. The third-order valence-corrected chi connectivity index (χ3v) is 4.91. The minimum absolute atomic E-state index is 0.117. The Kier molecular flexibility index (Phi) is 4.82. The number of rotatable bonds is 3. The highest BCUT2D eigenvalue weighted by atomic mass is 19.1. The average molecular weight is 379 g/mol. The zero-order chi connectivity index (χ0) is 19.7. The number of carbonyl (C=O) groups is 1. The van der Waals surface area contributed by atoms with Crippen LogP contribution >= 0.6 is 0 Å². The highest BCUT2D eigenvalue weighted by Gasteiger charge is 2.26. The van der Waals surface area contributed by atoms with Crippen LogP contribution in [0.15, 0.2) is 60.7 Å². The smallest absolute Gasteiger partial charge is 0.258 e. The topological polar surface area (TPSA) is 29.5 Å². The van der Waals surface area contributed by atoms with Crippen LogP contribution in [-0.4, -0.2) is 24.0 Å². The lowest BCUT2D eigenvalue weighted by Gasteiger charge is -2.20. The van der Waals surface area contributed by atoms with Crippen molar-refractivity contribution in [1.82, 2.24) is 4.90 Å². The summed E-state index contributed by atoms with van der Waals surface area (Å²) in [5, 5.41) is 0. The van der Waals surface area contributed by atoms with E-state index in [1.54, 1.807) is 12.1 Å². The molecule has 0 atom stereocenters. The van der Waals surface area contributed by atoms with E-state index in [4.69, 9.17) is 4.74 Å². The first-order valence-corrected chi connectivity index (χ1v) is 9.09. The molecule has 0 fully saturated rings. The molecule has 0 N–H and O–H groups in total. The predicted octanol–water partition coefficient (Wildman–Crippen LogP) is 4.98. The minimum atomic E-state index is -0.661. The summed E-state index contributed by atoms with van der Waals surface area (Å²) in [6.45, 7) is 2.38. The van der Waals surface area contributed by atoms with Gasteiger partial charge in [0.25, 0.3) is 5.91 Å². The maximum atomic E-state index is 14.0. The Hall–Kier alpha value is -3.21. The van der Waals surface area contributed by atoms with Crippen molar-refractivity contribution in [3.8, 4) is 16.9 Å². The van der Waals surface area contributed by atoms with Gasteiger partial charge in [0.15, 0.2) is 0 Å². The molecule has 0 aliphatic carbocycles. The van der Waals surface area contributed by atoms with Crippen molar-refractivity contribution >= 4 is 5.91 Å². The van der Waals surface area contributed by atoms with Crippen molar-refractivity contribution in [2.24, 2.45) is 0 Å². The summed E-state index contributed by atoms with van der Waals surface area (Å²) in [6, 6.07) is 17.2. The molecule has 0 unspecified atom stereocenters. The molecule has 0 radical (unpaired) electrons. The number of hydrogen-bond donors (Lipinski definition) is 0. The van der Waals surface area contributed by atoms with E-state index in [2.05, 4.69) is 0 Å². The monoisotopic (exact) mass is 379 g/mol. The van der Waals surface area contributed by atoms with Gasteiger partial charge in [-0.05, 0) is 42.3 Å². The summed E-state index contributed by atoms with van der Waals surface area (Å²) >= 11 is 0. The zero-order valence-corrected chi connectivity index (χ0v) is 15.4. The van der Waals surface area contributed by atoms with Crippen molar-refractivity contribution < 1.29 is 18.3 Å². The molecule has 0 saturated carbocycles. The van der Waals surface area contributed by atoms with Crippen LogP contribution in [0, 0.1) is 18.6 Å². The number of fused-ring (bicyclic) bond motifs is 1. The highest BCUT2D eigenvalue weighted by molar-refractivity contribution is 5.98. The SMILES string of the molecule is Cc1ccc(-c2ccc3c(c2)C(=O)N(Cc2c(F)cccc2F)CCO3)cc1. The summed E-state index contributed by atoms with van der Waals surface area (Å²) in [6.07, 6.45) is 0. The predicted molar refractivity (Wildman–Crippen MR) is 103 cm³/mol. The molecule has 3 aromatic carbocycles.